The number of anilines is 1. The van der Waals surface area contributed by atoms with E-state index in [-0.39, 0.29) is 0 Å². The molecule has 0 aromatic heterocycles. The van der Waals surface area contributed by atoms with Crippen LogP contribution in [0.1, 0.15) is 45.3 Å². The van der Waals surface area contributed by atoms with Crippen LogP contribution in [0, 0.1) is 5.92 Å². The van der Waals surface area contributed by atoms with Crippen LogP contribution < -0.4 is 4.90 Å². The molecule has 0 aliphatic carbocycles. The number of hydrogen-bond acceptors (Lipinski definition) is 2. The minimum atomic E-state index is -0.393. The first kappa shape index (κ1) is 12.4. The average Bonchev–Trinajstić information content (AvgIpc) is 2.33. The van der Waals surface area contributed by atoms with Crippen LogP contribution in [0.3, 0.4) is 0 Å². The highest BCUT2D eigenvalue weighted by molar-refractivity contribution is 5.55. The lowest BCUT2D eigenvalue weighted by atomic mass is 9.90. The molecule has 0 spiro atoms. The van der Waals surface area contributed by atoms with Crippen molar-refractivity contribution in [2.45, 2.75) is 45.8 Å². The summed E-state index contributed by atoms with van der Waals surface area (Å²) < 4.78 is 0. The molecule has 3 atom stereocenters. The Bertz CT molecular complexity index is 375. The van der Waals surface area contributed by atoms with E-state index >= 15 is 0 Å². The van der Waals surface area contributed by atoms with Gasteiger partial charge in [-0.05, 0) is 38.7 Å². The van der Waals surface area contributed by atoms with E-state index in [9.17, 15) is 5.11 Å². The summed E-state index contributed by atoms with van der Waals surface area (Å²) in [5.74, 6) is 0.728. The van der Waals surface area contributed by atoms with Crippen LogP contribution in [0.5, 0.6) is 0 Å². The van der Waals surface area contributed by atoms with Gasteiger partial charge in [0.15, 0.2) is 0 Å². The van der Waals surface area contributed by atoms with Crippen molar-refractivity contribution in [1.82, 2.24) is 0 Å². The second kappa shape index (κ2) is 5.09. The maximum atomic E-state index is 9.86. The summed E-state index contributed by atoms with van der Waals surface area (Å²) in [7, 11) is 0. The fourth-order valence-electron chi connectivity index (χ4n) is 2.78. The van der Waals surface area contributed by atoms with Crippen molar-refractivity contribution in [1.29, 1.82) is 0 Å². The molecule has 0 radical (unpaired) electrons. The Morgan fingerprint density at radius 3 is 2.71 bits per heavy atom. The third-order valence-electron chi connectivity index (χ3n) is 4.07. The number of aliphatic hydroxyl groups is 1. The predicted molar refractivity (Wildman–Crippen MR) is 72.3 cm³/mol. The number of piperidine rings is 1. The van der Waals surface area contributed by atoms with Gasteiger partial charge in [0.2, 0.25) is 0 Å². The molecule has 1 saturated heterocycles. The van der Waals surface area contributed by atoms with Gasteiger partial charge in [-0.2, -0.15) is 0 Å². The quantitative estimate of drug-likeness (QED) is 0.846. The standard InChI is InChI=1S/C15H23NO/c1-11-7-6-10-16(12(11)2)15-9-5-4-8-14(15)13(3)17/h4-5,8-9,11-13,17H,6-7,10H2,1-3H3/t11?,12?,13-/m1/s1. The monoisotopic (exact) mass is 233 g/mol. The van der Waals surface area contributed by atoms with Crippen LogP contribution in [0.25, 0.3) is 0 Å². The summed E-state index contributed by atoms with van der Waals surface area (Å²) in [6.07, 6.45) is 2.17. The Morgan fingerprint density at radius 1 is 1.29 bits per heavy atom. The van der Waals surface area contributed by atoms with Gasteiger partial charge in [-0.15, -0.1) is 0 Å². The van der Waals surface area contributed by atoms with Gasteiger partial charge in [-0.3, -0.25) is 0 Å². The van der Waals surface area contributed by atoms with E-state index in [4.69, 9.17) is 0 Å². The van der Waals surface area contributed by atoms with Crippen LogP contribution in [0.4, 0.5) is 5.69 Å². The molecule has 2 heteroatoms. The van der Waals surface area contributed by atoms with E-state index in [2.05, 4.69) is 30.9 Å². The summed E-state index contributed by atoms with van der Waals surface area (Å²) in [6.45, 7) is 7.57. The summed E-state index contributed by atoms with van der Waals surface area (Å²) in [5.41, 5.74) is 2.26. The highest BCUT2D eigenvalue weighted by Crippen LogP contribution is 2.33. The third kappa shape index (κ3) is 2.47. The van der Waals surface area contributed by atoms with Crippen molar-refractivity contribution in [3.05, 3.63) is 29.8 Å². The number of aliphatic hydroxyl groups excluding tert-OH is 1. The number of para-hydroxylation sites is 1. The Morgan fingerprint density at radius 2 is 2.00 bits per heavy atom. The highest BCUT2D eigenvalue weighted by Gasteiger charge is 2.26. The van der Waals surface area contributed by atoms with Gasteiger partial charge in [0.1, 0.15) is 0 Å². The summed E-state index contributed by atoms with van der Waals surface area (Å²) in [5, 5.41) is 9.86. The maximum absolute atomic E-state index is 9.86. The largest absolute Gasteiger partial charge is 0.389 e. The highest BCUT2D eigenvalue weighted by atomic mass is 16.3. The van der Waals surface area contributed by atoms with Gasteiger partial charge in [-0.25, -0.2) is 0 Å². The molecular formula is C15H23NO. The smallest absolute Gasteiger partial charge is 0.0781 e. The van der Waals surface area contributed by atoms with Crippen LogP contribution in [-0.4, -0.2) is 17.7 Å². The van der Waals surface area contributed by atoms with Gasteiger partial charge >= 0.3 is 0 Å². The van der Waals surface area contributed by atoms with E-state index in [0.717, 1.165) is 18.0 Å². The van der Waals surface area contributed by atoms with Crippen LogP contribution >= 0.6 is 0 Å². The van der Waals surface area contributed by atoms with Crippen LogP contribution in [0.2, 0.25) is 0 Å². The summed E-state index contributed by atoms with van der Waals surface area (Å²) in [6, 6.07) is 8.79. The fourth-order valence-corrected chi connectivity index (χ4v) is 2.78. The molecule has 0 amide bonds. The predicted octanol–water partition coefficient (Wildman–Crippen LogP) is 3.36. The van der Waals surface area contributed by atoms with E-state index in [0.29, 0.717) is 6.04 Å². The van der Waals surface area contributed by atoms with Gasteiger partial charge in [-0.1, -0.05) is 25.1 Å². The Labute approximate surface area is 104 Å². The lowest BCUT2D eigenvalue weighted by Crippen LogP contribution is -2.43. The molecule has 1 N–H and O–H groups in total. The first-order valence-electron chi connectivity index (χ1n) is 6.65. The van der Waals surface area contributed by atoms with E-state index < -0.39 is 6.10 Å². The molecule has 1 fully saturated rings. The summed E-state index contributed by atoms with van der Waals surface area (Å²) in [4.78, 5) is 2.45. The van der Waals surface area contributed by atoms with Crippen molar-refractivity contribution in [3.8, 4) is 0 Å². The van der Waals surface area contributed by atoms with E-state index in [1.54, 1.807) is 0 Å². The van der Waals surface area contributed by atoms with Crippen molar-refractivity contribution in [2.24, 2.45) is 5.92 Å². The fraction of sp³-hybridized carbons (Fsp3) is 0.600. The second-order valence-corrected chi connectivity index (χ2v) is 5.29. The molecule has 94 valence electrons. The van der Waals surface area contributed by atoms with E-state index in [1.165, 1.54) is 18.5 Å². The summed E-state index contributed by atoms with van der Waals surface area (Å²) >= 11 is 0. The molecule has 1 heterocycles. The minimum Gasteiger partial charge on any atom is -0.389 e. The van der Waals surface area contributed by atoms with Gasteiger partial charge < -0.3 is 10.0 Å². The molecule has 1 aromatic rings. The Kier molecular flexibility index (Phi) is 3.72. The molecule has 2 unspecified atom stereocenters. The number of benzene rings is 1. The molecule has 1 aliphatic rings. The SMILES string of the molecule is CC1CCCN(c2ccccc2[C@@H](C)O)C1C. The Balaban J connectivity index is 2.32. The first-order chi connectivity index (χ1) is 8.11. The van der Waals surface area contributed by atoms with Crippen molar-refractivity contribution < 1.29 is 5.11 Å². The molecule has 2 nitrogen and oxygen atoms in total. The lowest BCUT2D eigenvalue weighted by Gasteiger charge is -2.40. The van der Waals surface area contributed by atoms with Crippen LogP contribution in [0.15, 0.2) is 24.3 Å². The zero-order chi connectivity index (χ0) is 12.4. The third-order valence-corrected chi connectivity index (χ3v) is 4.07. The zero-order valence-electron chi connectivity index (χ0n) is 11.1. The minimum absolute atomic E-state index is 0.393. The lowest BCUT2D eigenvalue weighted by molar-refractivity contribution is 0.199. The molecule has 0 saturated carbocycles. The molecule has 17 heavy (non-hydrogen) atoms. The normalized spacial score (nSPS) is 26.9. The Hall–Kier alpha value is -1.02. The first-order valence-corrected chi connectivity index (χ1v) is 6.65. The van der Waals surface area contributed by atoms with Crippen molar-refractivity contribution in [3.63, 3.8) is 0 Å². The van der Waals surface area contributed by atoms with Gasteiger partial charge in [0, 0.05) is 23.8 Å². The molecule has 1 aromatic carbocycles. The van der Waals surface area contributed by atoms with Crippen LogP contribution in [-0.2, 0) is 0 Å². The van der Waals surface area contributed by atoms with Gasteiger partial charge in [0.05, 0.1) is 6.10 Å². The second-order valence-electron chi connectivity index (χ2n) is 5.29. The number of nitrogens with zero attached hydrogens (tertiary/aromatic N) is 1. The topological polar surface area (TPSA) is 23.5 Å². The van der Waals surface area contributed by atoms with Crippen molar-refractivity contribution >= 4 is 5.69 Å². The maximum Gasteiger partial charge on any atom is 0.0781 e. The molecule has 1 aliphatic heterocycles. The number of hydrogen-bond donors (Lipinski definition) is 1. The van der Waals surface area contributed by atoms with Crippen molar-refractivity contribution in [2.75, 3.05) is 11.4 Å². The molecule has 0 bridgehead atoms. The van der Waals surface area contributed by atoms with Gasteiger partial charge in [0.25, 0.3) is 0 Å². The molecular weight excluding hydrogens is 210 g/mol. The average molecular weight is 233 g/mol. The molecule has 2 rings (SSSR count). The zero-order valence-corrected chi connectivity index (χ0v) is 11.1. The van der Waals surface area contributed by atoms with E-state index in [1.807, 2.05) is 19.1 Å². The number of rotatable bonds is 2.